The third-order valence-electron chi connectivity index (χ3n) is 3.15. The van der Waals surface area contributed by atoms with Gasteiger partial charge in [-0.25, -0.2) is 4.98 Å². The minimum absolute atomic E-state index is 0.189. The van der Waals surface area contributed by atoms with E-state index in [9.17, 15) is 4.79 Å². The van der Waals surface area contributed by atoms with Crippen LogP contribution in [0.3, 0.4) is 0 Å². The largest absolute Gasteiger partial charge is 0.348 e. The van der Waals surface area contributed by atoms with Crippen LogP contribution < -0.4 is 0 Å². The number of aromatic nitrogens is 2. The molecule has 0 saturated carbocycles. The zero-order valence-electron chi connectivity index (χ0n) is 10.6. The quantitative estimate of drug-likeness (QED) is 0.942. The molecule has 1 unspecified atom stereocenters. The number of nitrogens with one attached hydrogen (secondary N) is 1. The molecule has 3 heterocycles. The van der Waals surface area contributed by atoms with Gasteiger partial charge < -0.3 is 9.88 Å². The van der Waals surface area contributed by atoms with E-state index in [-0.39, 0.29) is 11.3 Å². The number of thioether (sulfide) groups is 1. The van der Waals surface area contributed by atoms with E-state index >= 15 is 0 Å². The minimum Gasteiger partial charge on any atom is -0.348 e. The van der Waals surface area contributed by atoms with Crippen molar-refractivity contribution >= 4 is 29.0 Å². The Morgan fingerprint density at radius 2 is 2.42 bits per heavy atom. The molecule has 4 nitrogen and oxygen atoms in total. The maximum atomic E-state index is 12.0. The van der Waals surface area contributed by atoms with Gasteiger partial charge in [-0.15, -0.1) is 23.1 Å². The summed E-state index contributed by atoms with van der Waals surface area (Å²) in [5.41, 5.74) is 1.07. The minimum atomic E-state index is 0.189. The molecule has 1 atom stereocenters. The summed E-state index contributed by atoms with van der Waals surface area (Å²) < 4.78 is 0. The second-order valence-electron chi connectivity index (χ2n) is 4.53. The number of H-pyrrole nitrogens is 1. The third kappa shape index (κ3) is 2.69. The Kier molecular flexibility index (Phi) is 3.61. The number of thiophene rings is 1. The Bertz CT molecular complexity index is 564. The fourth-order valence-corrected chi connectivity index (χ4v) is 4.51. The summed E-state index contributed by atoms with van der Waals surface area (Å²) in [5.74, 6) is 0.825. The van der Waals surface area contributed by atoms with Crippen LogP contribution in [0.5, 0.6) is 0 Å². The Morgan fingerprint density at radius 3 is 3.11 bits per heavy atom. The molecular formula is C13H15N3OS2. The van der Waals surface area contributed by atoms with Crippen molar-refractivity contribution in [3.05, 3.63) is 40.1 Å². The van der Waals surface area contributed by atoms with Crippen molar-refractivity contribution in [2.24, 2.45) is 0 Å². The molecule has 1 aliphatic heterocycles. The molecule has 19 heavy (non-hydrogen) atoms. The van der Waals surface area contributed by atoms with Gasteiger partial charge in [0.05, 0.1) is 12.1 Å². The molecule has 0 aliphatic carbocycles. The summed E-state index contributed by atoms with van der Waals surface area (Å²) in [4.78, 5) is 23.6. The molecule has 3 rings (SSSR count). The van der Waals surface area contributed by atoms with Crippen molar-refractivity contribution in [1.82, 2.24) is 14.9 Å². The fraction of sp³-hybridized carbons (Fsp3) is 0.385. The van der Waals surface area contributed by atoms with E-state index in [4.69, 9.17) is 0 Å². The van der Waals surface area contributed by atoms with Crippen molar-refractivity contribution in [3.8, 4) is 0 Å². The molecule has 0 aromatic carbocycles. The number of hydrogen-bond acceptors (Lipinski definition) is 4. The van der Waals surface area contributed by atoms with Crippen LogP contribution in [0.4, 0.5) is 0 Å². The highest BCUT2D eigenvalue weighted by atomic mass is 32.2. The van der Waals surface area contributed by atoms with Gasteiger partial charge in [0.15, 0.2) is 0 Å². The van der Waals surface area contributed by atoms with Gasteiger partial charge in [-0.05, 0) is 19.1 Å². The van der Waals surface area contributed by atoms with Crippen molar-refractivity contribution in [3.63, 3.8) is 0 Å². The van der Waals surface area contributed by atoms with Crippen LogP contribution in [0.2, 0.25) is 0 Å². The van der Waals surface area contributed by atoms with Gasteiger partial charge in [0, 0.05) is 34.6 Å². The van der Waals surface area contributed by atoms with Crippen LogP contribution in [-0.4, -0.2) is 33.1 Å². The van der Waals surface area contributed by atoms with Crippen LogP contribution in [-0.2, 0) is 11.2 Å². The molecule has 1 N–H and O–H groups in total. The Hall–Kier alpha value is -1.27. The SMILES string of the molecule is Cc1ccc(C2SCC(=O)N2CCc2cnc[nH]2)s1. The summed E-state index contributed by atoms with van der Waals surface area (Å²) in [6.07, 6.45) is 4.32. The maximum absolute atomic E-state index is 12.0. The first-order valence-electron chi connectivity index (χ1n) is 6.18. The second kappa shape index (κ2) is 5.38. The zero-order chi connectivity index (χ0) is 13.2. The Labute approximate surface area is 120 Å². The highest BCUT2D eigenvalue weighted by Gasteiger charge is 2.33. The van der Waals surface area contributed by atoms with Crippen LogP contribution in [0.15, 0.2) is 24.7 Å². The molecule has 1 amide bonds. The van der Waals surface area contributed by atoms with Crippen LogP contribution >= 0.6 is 23.1 Å². The lowest BCUT2D eigenvalue weighted by molar-refractivity contribution is -0.127. The number of aryl methyl sites for hydroxylation is 1. The summed E-state index contributed by atoms with van der Waals surface area (Å²) in [6, 6.07) is 4.26. The fourth-order valence-electron chi connectivity index (χ4n) is 2.18. The first kappa shape index (κ1) is 12.7. The topological polar surface area (TPSA) is 49.0 Å². The van der Waals surface area contributed by atoms with Crippen LogP contribution in [0.25, 0.3) is 0 Å². The van der Waals surface area contributed by atoms with Crippen LogP contribution in [0, 0.1) is 6.92 Å². The van der Waals surface area contributed by atoms with Gasteiger partial charge in [-0.2, -0.15) is 0 Å². The number of rotatable bonds is 4. The van der Waals surface area contributed by atoms with E-state index in [1.807, 2.05) is 11.1 Å². The van der Waals surface area contributed by atoms with E-state index in [1.54, 1.807) is 29.4 Å². The molecule has 2 aromatic rings. The van der Waals surface area contributed by atoms with E-state index in [0.717, 1.165) is 18.7 Å². The number of carbonyl (C=O) groups excluding carboxylic acids is 1. The molecule has 1 fully saturated rings. The molecule has 2 aromatic heterocycles. The number of carbonyl (C=O) groups is 1. The average Bonchev–Trinajstić information content (AvgIpc) is 3.08. The maximum Gasteiger partial charge on any atom is 0.233 e. The van der Waals surface area contributed by atoms with Crippen molar-refractivity contribution in [1.29, 1.82) is 0 Å². The van der Waals surface area contributed by atoms with Crippen molar-refractivity contribution in [2.75, 3.05) is 12.3 Å². The number of aromatic amines is 1. The van der Waals surface area contributed by atoms with Crippen molar-refractivity contribution < 1.29 is 4.79 Å². The highest BCUT2D eigenvalue weighted by Crippen LogP contribution is 2.41. The highest BCUT2D eigenvalue weighted by molar-refractivity contribution is 8.00. The summed E-state index contributed by atoms with van der Waals surface area (Å²) in [7, 11) is 0. The number of nitrogens with zero attached hydrogens (tertiary/aromatic N) is 2. The lowest BCUT2D eigenvalue weighted by atomic mass is 10.3. The van der Waals surface area contributed by atoms with E-state index in [2.05, 4.69) is 29.0 Å². The predicted molar refractivity (Wildman–Crippen MR) is 78.3 cm³/mol. The van der Waals surface area contributed by atoms with Crippen molar-refractivity contribution in [2.45, 2.75) is 18.7 Å². The number of imidazole rings is 1. The van der Waals surface area contributed by atoms with Gasteiger partial charge in [0.25, 0.3) is 0 Å². The number of amides is 1. The monoisotopic (exact) mass is 293 g/mol. The molecule has 100 valence electrons. The predicted octanol–water partition coefficient (Wildman–Crippen LogP) is 2.60. The summed E-state index contributed by atoms with van der Waals surface area (Å²) in [6.45, 7) is 2.85. The van der Waals surface area contributed by atoms with Gasteiger partial charge in [0.1, 0.15) is 5.37 Å². The molecular weight excluding hydrogens is 278 g/mol. The molecule has 0 bridgehead atoms. The van der Waals surface area contributed by atoms with E-state index in [0.29, 0.717) is 5.75 Å². The van der Waals surface area contributed by atoms with Gasteiger partial charge in [-0.3, -0.25) is 4.79 Å². The molecule has 0 spiro atoms. The smallest absolute Gasteiger partial charge is 0.233 e. The second-order valence-corrected chi connectivity index (χ2v) is 6.91. The molecule has 1 saturated heterocycles. The molecule has 6 heteroatoms. The first-order valence-corrected chi connectivity index (χ1v) is 8.05. The summed E-state index contributed by atoms with van der Waals surface area (Å²) in [5, 5.41) is 0.189. The van der Waals surface area contributed by atoms with Gasteiger partial charge in [-0.1, -0.05) is 0 Å². The molecule has 1 aliphatic rings. The zero-order valence-corrected chi connectivity index (χ0v) is 12.3. The van der Waals surface area contributed by atoms with E-state index < -0.39 is 0 Å². The summed E-state index contributed by atoms with van der Waals surface area (Å²) >= 11 is 3.50. The standard InChI is InChI=1S/C13H15N3OS2/c1-9-2-3-11(19-9)13-16(12(17)7-18-13)5-4-10-6-14-8-15-10/h2-3,6,8,13H,4-5,7H2,1H3,(H,14,15). The van der Waals surface area contributed by atoms with E-state index in [1.165, 1.54) is 9.75 Å². The number of hydrogen-bond donors (Lipinski definition) is 1. The first-order chi connectivity index (χ1) is 9.24. The van der Waals surface area contributed by atoms with Gasteiger partial charge >= 0.3 is 0 Å². The Morgan fingerprint density at radius 1 is 1.53 bits per heavy atom. The van der Waals surface area contributed by atoms with Crippen LogP contribution in [0.1, 0.15) is 20.8 Å². The Balaban J connectivity index is 1.71. The normalized spacial score (nSPS) is 19.3. The lowest BCUT2D eigenvalue weighted by Gasteiger charge is -2.22. The average molecular weight is 293 g/mol. The third-order valence-corrected chi connectivity index (χ3v) is 5.59. The molecule has 0 radical (unpaired) electrons. The van der Waals surface area contributed by atoms with Gasteiger partial charge in [0.2, 0.25) is 5.91 Å². The lowest BCUT2D eigenvalue weighted by Crippen LogP contribution is -2.30.